The maximum atomic E-state index is 11.6. The van der Waals surface area contributed by atoms with Crippen molar-refractivity contribution >= 4 is 5.97 Å². The van der Waals surface area contributed by atoms with E-state index in [-0.39, 0.29) is 0 Å². The number of fused-ring (bicyclic) bond motifs is 1. The van der Waals surface area contributed by atoms with Crippen molar-refractivity contribution in [2.24, 2.45) is 0 Å². The molecule has 2 aromatic carbocycles. The summed E-state index contributed by atoms with van der Waals surface area (Å²) in [5.74, 6) is 0.693. The minimum atomic E-state index is -1.09. The van der Waals surface area contributed by atoms with Crippen molar-refractivity contribution in [2.45, 2.75) is 32.0 Å². The summed E-state index contributed by atoms with van der Waals surface area (Å²) in [5.41, 5.74) is 0.736. The standard InChI is InChI=1S/C19H20O5/c1-2-3-12-22-14-10-8-13(9-11-14)17-18(19(20)21)24-16-7-5-4-6-15(16)23-17/h4-11,17-18H,2-3,12H2,1H3,(H,20,21). The van der Waals surface area contributed by atoms with Gasteiger partial charge in [-0.25, -0.2) is 4.79 Å². The topological polar surface area (TPSA) is 65.0 Å². The van der Waals surface area contributed by atoms with E-state index in [4.69, 9.17) is 14.2 Å². The van der Waals surface area contributed by atoms with E-state index in [1.165, 1.54) is 0 Å². The number of carboxylic acid groups (broad SMARTS) is 1. The number of para-hydroxylation sites is 2. The monoisotopic (exact) mass is 328 g/mol. The predicted molar refractivity (Wildman–Crippen MR) is 88.7 cm³/mol. The average Bonchev–Trinajstić information content (AvgIpc) is 2.61. The van der Waals surface area contributed by atoms with Crippen LogP contribution in [0.5, 0.6) is 17.2 Å². The van der Waals surface area contributed by atoms with Gasteiger partial charge in [0.1, 0.15) is 5.75 Å². The van der Waals surface area contributed by atoms with Crippen LogP contribution in [0.4, 0.5) is 0 Å². The van der Waals surface area contributed by atoms with Crippen LogP contribution >= 0.6 is 0 Å². The van der Waals surface area contributed by atoms with Crippen LogP contribution in [0.1, 0.15) is 31.4 Å². The zero-order chi connectivity index (χ0) is 16.9. The highest BCUT2D eigenvalue weighted by atomic mass is 16.6. The molecule has 2 aromatic rings. The van der Waals surface area contributed by atoms with E-state index in [9.17, 15) is 9.90 Å². The quantitative estimate of drug-likeness (QED) is 0.816. The summed E-state index contributed by atoms with van der Waals surface area (Å²) < 4.78 is 17.1. The number of rotatable bonds is 6. The SMILES string of the molecule is CCCCOc1ccc(C2Oc3ccccc3OC2C(=O)O)cc1. The summed E-state index contributed by atoms with van der Waals surface area (Å²) in [6.45, 7) is 2.78. The first-order valence-corrected chi connectivity index (χ1v) is 8.07. The van der Waals surface area contributed by atoms with Crippen LogP contribution in [0.2, 0.25) is 0 Å². The highest BCUT2D eigenvalue weighted by Gasteiger charge is 2.38. The lowest BCUT2D eigenvalue weighted by Crippen LogP contribution is -2.39. The third kappa shape index (κ3) is 3.45. The van der Waals surface area contributed by atoms with Crippen molar-refractivity contribution in [2.75, 3.05) is 6.61 Å². The maximum Gasteiger partial charge on any atom is 0.349 e. The molecule has 3 rings (SSSR count). The first-order valence-electron chi connectivity index (χ1n) is 8.07. The number of benzene rings is 2. The molecule has 0 bridgehead atoms. The molecule has 0 saturated carbocycles. The van der Waals surface area contributed by atoms with Gasteiger partial charge in [-0.2, -0.15) is 0 Å². The number of hydrogen-bond donors (Lipinski definition) is 1. The molecule has 1 heterocycles. The van der Waals surface area contributed by atoms with Crippen LogP contribution in [0.15, 0.2) is 48.5 Å². The lowest BCUT2D eigenvalue weighted by atomic mass is 10.0. The zero-order valence-electron chi connectivity index (χ0n) is 13.5. The zero-order valence-corrected chi connectivity index (χ0v) is 13.5. The molecule has 1 aliphatic heterocycles. The third-order valence-electron chi connectivity index (χ3n) is 3.85. The van der Waals surface area contributed by atoms with Gasteiger partial charge in [-0.1, -0.05) is 37.6 Å². The van der Waals surface area contributed by atoms with Gasteiger partial charge >= 0.3 is 5.97 Å². The second-order valence-electron chi connectivity index (χ2n) is 5.63. The number of carbonyl (C=O) groups is 1. The molecule has 5 heteroatoms. The van der Waals surface area contributed by atoms with E-state index in [0.29, 0.717) is 18.1 Å². The molecule has 0 aromatic heterocycles. The fraction of sp³-hybridized carbons (Fsp3) is 0.316. The van der Waals surface area contributed by atoms with Crippen LogP contribution in [0.25, 0.3) is 0 Å². The normalized spacial score (nSPS) is 18.9. The van der Waals surface area contributed by atoms with Gasteiger partial charge in [-0.3, -0.25) is 0 Å². The van der Waals surface area contributed by atoms with Crippen LogP contribution in [0.3, 0.4) is 0 Å². The van der Waals surface area contributed by atoms with Gasteiger partial charge in [-0.05, 0) is 36.2 Å². The lowest BCUT2D eigenvalue weighted by Gasteiger charge is -2.31. The average molecular weight is 328 g/mol. The second-order valence-corrected chi connectivity index (χ2v) is 5.63. The van der Waals surface area contributed by atoms with Gasteiger partial charge in [0.05, 0.1) is 6.61 Å². The predicted octanol–water partition coefficient (Wildman–Crippen LogP) is 3.83. The van der Waals surface area contributed by atoms with Crippen LogP contribution < -0.4 is 14.2 Å². The van der Waals surface area contributed by atoms with Gasteiger partial charge in [0.25, 0.3) is 0 Å². The van der Waals surface area contributed by atoms with E-state index in [1.54, 1.807) is 18.2 Å². The summed E-state index contributed by atoms with van der Waals surface area (Å²) in [6.07, 6.45) is 0.276. The highest BCUT2D eigenvalue weighted by molar-refractivity contribution is 5.75. The summed E-state index contributed by atoms with van der Waals surface area (Å²) >= 11 is 0. The van der Waals surface area contributed by atoms with E-state index < -0.39 is 18.2 Å². The Morgan fingerprint density at radius 2 is 1.75 bits per heavy atom. The van der Waals surface area contributed by atoms with E-state index in [2.05, 4.69) is 6.92 Å². The largest absolute Gasteiger partial charge is 0.494 e. The molecule has 1 aliphatic rings. The Bertz CT molecular complexity index is 695. The molecule has 0 fully saturated rings. The molecule has 2 unspecified atom stereocenters. The van der Waals surface area contributed by atoms with E-state index in [0.717, 1.165) is 24.2 Å². The molecule has 1 N–H and O–H groups in total. The van der Waals surface area contributed by atoms with Crippen LogP contribution in [-0.2, 0) is 4.79 Å². The molecule has 0 amide bonds. The molecule has 2 atom stereocenters. The van der Waals surface area contributed by atoms with E-state index >= 15 is 0 Å². The molecular formula is C19H20O5. The van der Waals surface area contributed by atoms with Crippen molar-refractivity contribution in [3.63, 3.8) is 0 Å². The van der Waals surface area contributed by atoms with Gasteiger partial charge in [0, 0.05) is 0 Å². The number of carboxylic acids is 1. The van der Waals surface area contributed by atoms with Crippen LogP contribution in [0, 0.1) is 0 Å². The minimum absolute atomic E-state index is 0.445. The number of ether oxygens (including phenoxy) is 3. The Kier molecular flexibility index (Phi) is 4.89. The van der Waals surface area contributed by atoms with Crippen molar-refractivity contribution in [1.29, 1.82) is 0 Å². The van der Waals surface area contributed by atoms with Crippen molar-refractivity contribution in [3.05, 3.63) is 54.1 Å². The molecule has 0 radical (unpaired) electrons. The maximum absolute atomic E-state index is 11.6. The Morgan fingerprint density at radius 3 is 2.38 bits per heavy atom. The fourth-order valence-corrected chi connectivity index (χ4v) is 2.55. The first-order chi connectivity index (χ1) is 11.7. The number of unbranched alkanes of at least 4 members (excludes halogenated alkanes) is 1. The summed E-state index contributed by atoms with van der Waals surface area (Å²) in [7, 11) is 0. The van der Waals surface area contributed by atoms with Crippen molar-refractivity contribution in [3.8, 4) is 17.2 Å². The Morgan fingerprint density at radius 1 is 1.08 bits per heavy atom. The Hall–Kier alpha value is -2.69. The smallest absolute Gasteiger partial charge is 0.349 e. The van der Waals surface area contributed by atoms with Gasteiger partial charge in [0.2, 0.25) is 6.10 Å². The summed E-state index contributed by atoms with van der Waals surface area (Å²) in [6, 6.07) is 14.4. The van der Waals surface area contributed by atoms with Gasteiger partial charge in [0.15, 0.2) is 17.6 Å². The Labute approximate surface area is 140 Å². The number of aliphatic carboxylic acids is 1. The fourth-order valence-electron chi connectivity index (χ4n) is 2.55. The second kappa shape index (κ2) is 7.25. The minimum Gasteiger partial charge on any atom is -0.494 e. The molecule has 126 valence electrons. The number of hydrogen-bond acceptors (Lipinski definition) is 4. The molecule has 0 saturated heterocycles. The van der Waals surface area contributed by atoms with Gasteiger partial charge < -0.3 is 19.3 Å². The molecule has 0 spiro atoms. The third-order valence-corrected chi connectivity index (χ3v) is 3.85. The van der Waals surface area contributed by atoms with Crippen molar-refractivity contribution < 1.29 is 24.1 Å². The van der Waals surface area contributed by atoms with Crippen LogP contribution in [-0.4, -0.2) is 23.8 Å². The summed E-state index contributed by atoms with van der Waals surface area (Å²) in [4.78, 5) is 11.6. The lowest BCUT2D eigenvalue weighted by molar-refractivity contribution is -0.151. The van der Waals surface area contributed by atoms with Crippen molar-refractivity contribution in [1.82, 2.24) is 0 Å². The Balaban J connectivity index is 1.80. The first kappa shape index (κ1) is 16.2. The molecule has 5 nitrogen and oxygen atoms in total. The molecule has 24 heavy (non-hydrogen) atoms. The molecule has 0 aliphatic carbocycles. The summed E-state index contributed by atoms with van der Waals surface area (Å²) in [5, 5.41) is 9.46. The van der Waals surface area contributed by atoms with E-state index in [1.807, 2.05) is 30.3 Å². The van der Waals surface area contributed by atoms with Gasteiger partial charge in [-0.15, -0.1) is 0 Å². The molecular weight excluding hydrogens is 308 g/mol. The highest BCUT2D eigenvalue weighted by Crippen LogP contribution is 2.39.